The van der Waals surface area contributed by atoms with E-state index in [0.29, 0.717) is 16.6 Å². The highest BCUT2D eigenvalue weighted by molar-refractivity contribution is 6.36. The molecule has 1 fully saturated rings. The Labute approximate surface area is 106 Å². The predicted molar refractivity (Wildman–Crippen MR) is 70.9 cm³/mol. The van der Waals surface area contributed by atoms with Crippen LogP contribution in [0.4, 0.5) is 5.82 Å². The molecule has 1 heterocycles. The molecule has 1 saturated carbocycles. The summed E-state index contributed by atoms with van der Waals surface area (Å²) in [7, 11) is 0. The molecule has 0 aromatic carbocycles. The monoisotopic (exact) mass is 252 g/mol. The maximum Gasteiger partial charge on any atom is 0.148 e. The van der Waals surface area contributed by atoms with Crippen molar-refractivity contribution < 1.29 is 0 Å². The largest absolute Gasteiger partial charge is 0.384 e. The minimum Gasteiger partial charge on any atom is -0.384 e. The van der Waals surface area contributed by atoms with E-state index >= 15 is 0 Å². The molecule has 1 aliphatic rings. The average Bonchev–Trinajstić information content (AvgIpc) is 3.10. The number of nitrogens with zero attached hydrogens (tertiary/aromatic N) is 2. The highest BCUT2D eigenvalue weighted by Crippen LogP contribution is 2.35. The Morgan fingerprint density at radius 2 is 2.35 bits per heavy atom. The molecule has 0 saturated heterocycles. The molecule has 0 amide bonds. The number of nitrogens with one attached hydrogen (secondary N) is 1. The van der Waals surface area contributed by atoms with Gasteiger partial charge in [-0.2, -0.15) is 0 Å². The molecule has 3 N–H and O–H groups in total. The van der Waals surface area contributed by atoms with Gasteiger partial charge in [-0.25, -0.2) is 4.98 Å². The third kappa shape index (κ3) is 2.52. The molecule has 0 atom stereocenters. The zero-order chi connectivity index (χ0) is 12.4. The van der Waals surface area contributed by atoms with E-state index in [1.165, 1.54) is 12.8 Å². The number of nitrogen functional groups attached to an aromatic ring is 1. The molecule has 4 nitrogen and oxygen atoms in total. The lowest BCUT2D eigenvalue weighted by Crippen LogP contribution is -2.28. The second-order valence-corrected chi connectivity index (χ2v) is 4.71. The van der Waals surface area contributed by atoms with Crippen LogP contribution in [0, 0.1) is 5.41 Å². The van der Waals surface area contributed by atoms with Crippen LogP contribution < -0.4 is 10.6 Å². The fraction of sp³-hybridized carbons (Fsp3) is 0.500. The number of pyridine rings is 1. The van der Waals surface area contributed by atoms with Gasteiger partial charge in [0.1, 0.15) is 11.7 Å². The quantitative estimate of drug-likeness (QED) is 0.625. The fourth-order valence-corrected chi connectivity index (χ4v) is 2.25. The Bertz CT molecular complexity index is 429. The van der Waals surface area contributed by atoms with E-state index in [2.05, 4.69) is 16.8 Å². The van der Waals surface area contributed by atoms with Gasteiger partial charge < -0.3 is 10.6 Å². The highest BCUT2D eigenvalue weighted by atomic mass is 35.5. The maximum atomic E-state index is 7.49. The van der Waals surface area contributed by atoms with E-state index in [1.54, 1.807) is 12.3 Å². The van der Waals surface area contributed by atoms with Gasteiger partial charge in [0.15, 0.2) is 0 Å². The van der Waals surface area contributed by atoms with Crippen LogP contribution in [-0.4, -0.2) is 23.4 Å². The molecule has 0 spiro atoms. The van der Waals surface area contributed by atoms with Gasteiger partial charge in [0, 0.05) is 24.3 Å². The summed E-state index contributed by atoms with van der Waals surface area (Å²) >= 11 is 6.28. The molecule has 0 bridgehead atoms. The van der Waals surface area contributed by atoms with Crippen LogP contribution in [0.5, 0.6) is 0 Å². The van der Waals surface area contributed by atoms with Gasteiger partial charge in [0.05, 0.1) is 5.02 Å². The Morgan fingerprint density at radius 1 is 1.65 bits per heavy atom. The lowest BCUT2D eigenvalue weighted by atomic mass is 10.2. The smallest absolute Gasteiger partial charge is 0.148 e. The van der Waals surface area contributed by atoms with Crippen molar-refractivity contribution in [1.82, 2.24) is 4.98 Å². The van der Waals surface area contributed by atoms with Crippen molar-refractivity contribution >= 4 is 23.3 Å². The van der Waals surface area contributed by atoms with Gasteiger partial charge in [-0.3, -0.25) is 5.41 Å². The lowest BCUT2D eigenvalue weighted by molar-refractivity contribution is 0.750. The summed E-state index contributed by atoms with van der Waals surface area (Å²) in [6.07, 6.45) is 5.12. The number of nitrogens with two attached hydrogens (primary N) is 1. The molecule has 2 rings (SSSR count). The van der Waals surface area contributed by atoms with Crippen LogP contribution in [0.2, 0.25) is 5.02 Å². The summed E-state index contributed by atoms with van der Waals surface area (Å²) < 4.78 is 0. The third-order valence-corrected chi connectivity index (χ3v) is 3.26. The SMILES string of the molecule is CCCN(c1nccc(C(=N)N)c1Cl)C1CC1. The Morgan fingerprint density at radius 3 is 2.88 bits per heavy atom. The number of hydrogen-bond donors (Lipinski definition) is 2. The van der Waals surface area contributed by atoms with Crippen molar-refractivity contribution in [3.05, 3.63) is 22.8 Å². The molecule has 0 unspecified atom stereocenters. The van der Waals surface area contributed by atoms with Gasteiger partial charge in [-0.05, 0) is 25.3 Å². The normalized spacial score (nSPS) is 14.7. The number of hydrogen-bond acceptors (Lipinski definition) is 3. The number of amidine groups is 1. The fourth-order valence-electron chi connectivity index (χ4n) is 1.93. The van der Waals surface area contributed by atoms with Gasteiger partial charge in [-0.15, -0.1) is 0 Å². The molecular formula is C12H17ClN4. The third-order valence-electron chi connectivity index (χ3n) is 2.89. The minimum atomic E-state index is -0.00843. The van der Waals surface area contributed by atoms with E-state index < -0.39 is 0 Å². The van der Waals surface area contributed by atoms with E-state index in [0.717, 1.165) is 18.8 Å². The maximum absolute atomic E-state index is 7.49. The number of halogens is 1. The van der Waals surface area contributed by atoms with Crippen molar-refractivity contribution in [2.45, 2.75) is 32.2 Å². The summed E-state index contributed by atoms with van der Waals surface area (Å²) in [6.45, 7) is 3.08. The summed E-state index contributed by atoms with van der Waals surface area (Å²) in [5.74, 6) is 0.759. The topological polar surface area (TPSA) is 66.0 Å². The summed E-state index contributed by atoms with van der Waals surface area (Å²) in [5, 5.41) is 7.99. The molecule has 17 heavy (non-hydrogen) atoms. The molecule has 92 valence electrons. The lowest BCUT2D eigenvalue weighted by Gasteiger charge is -2.24. The second kappa shape index (κ2) is 4.92. The van der Waals surface area contributed by atoms with Crippen LogP contribution in [0.3, 0.4) is 0 Å². The molecule has 0 radical (unpaired) electrons. The van der Waals surface area contributed by atoms with E-state index in [1.807, 2.05) is 0 Å². The standard InChI is InChI=1S/C12H17ClN4/c1-2-7-17(8-3-4-8)12-10(13)9(11(14)15)5-6-16-12/h5-6,8H,2-4,7H2,1H3,(H3,14,15). The predicted octanol–water partition coefficient (Wildman–Crippen LogP) is 2.40. The van der Waals surface area contributed by atoms with Crippen molar-refractivity contribution in [2.24, 2.45) is 5.73 Å². The van der Waals surface area contributed by atoms with Gasteiger partial charge in [0.2, 0.25) is 0 Å². The van der Waals surface area contributed by atoms with Crippen LogP contribution in [-0.2, 0) is 0 Å². The second-order valence-electron chi connectivity index (χ2n) is 4.33. The van der Waals surface area contributed by atoms with E-state index in [-0.39, 0.29) is 5.84 Å². The van der Waals surface area contributed by atoms with E-state index in [4.69, 9.17) is 22.7 Å². The average molecular weight is 253 g/mol. The number of aromatic nitrogens is 1. The molecule has 1 aromatic heterocycles. The first-order valence-electron chi connectivity index (χ1n) is 5.90. The zero-order valence-electron chi connectivity index (χ0n) is 9.91. The first-order valence-corrected chi connectivity index (χ1v) is 6.28. The molecule has 5 heteroatoms. The first kappa shape index (κ1) is 12.2. The highest BCUT2D eigenvalue weighted by Gasteiger charge is 2.31. The van der Waals surface area contributed by atoms with E-state index in [9.17, 15) is 0 Å². The Hall–Kier alpha value is -1.29. The van der Waals surface area contributed by atoms with Gasteiger partial charge in [0.25, 0.3) is 0 Å². The molecule has 0 aliphatic heterocycles. The van der Waals surface area contributed by atoms with Crippen molar-refractivity contribution in [3.63, 3.8) is 0 Å². The van der Waals surface area contributed by atoms with Crippen molar-refractivity contribution in [3.8, 4) is 0 Å². The summed E-state index contributed by atoms with van der Waals surface area (Å²) in [5.41, 5.74) is 6.07. The van der Waals surface area contributed by atoms with Crippen LogP contribution in [0.15, 0.2) is 12.3 Å². The zero-order valence-corrected chi connectivity index (χ0v) is 10.7. The minimum absolute atomic E-state index is 0.00843. The number of anilines is 1. The van der Waals surface area contributed by atoms with Gasteiger partial charge >= 0.3 is 0 Å². The van der Waals surface area contributed by atoms with Crippen molar-refractivity contribution in [2.75, 3.05) is 11.4 Å². The molecule has 1 aromatic rings. The molecular weight excluding hydrogens is 236 g/mol. The van der Waals surface area contributed by atoms with Crippen molar-refractivity contribution in [1.29, 1.82) is 5.41 Å². The molecule has 1 aliphatic carbocycles. The van der Waals surface area contributed by atoms with Gasteiger partial charge in [-0.1, -0.05) is 18.5 Å². The summed E-state index contributed by atoms with van der Waals surface area (Å²) in [6, 6.07) is 2.24. The van der Waals surface area contributed by atoms with Crippen LogP contribution >= 0.6 is 11.6 Å². The Balaban J connectivity index is 2.35. The van der Waals surface area contributed by atoms with Crippen LogP contribution in [0.25, 0.3) is 0 Å². The summed E-state index contributed by atoms with van der Waals surface area (Å²) in [4.78, 5) is 6.57. The first-order chi connectivity index (χ1) is 8.15. The Kier molecular flexibility index (Phi) is 3.52. The number of rotatable bonds is 5. The van der Waals surface area contributed by atoms with Crippen LogP contribution in [0.1, 0.15) is 31.7 Å².